The first-order chi connectivity index (χ1) is 9.76. The Morgan fingerprint density at radius 2 is 1.95 bits per heavy atom. The van der Waals surface area contributed by atoms with Crippen LogP contribution in [0.3, 0.4) is 0 Å². The molecule has 1 N–H and O–H groups in total. The van der Waals surface area contributed by atoms with Crippen molar-refractivity contribution in [2.75, 3.05) is 13.2 Å². The molecular weight excluding hydrogens is 252 g/mol. The second-order valence-corrected chi connectivity index (χ2v) is 4.62. The number of benzene rings is 1. The van der Waals surface area contributed by atoms with E-state index < -0.39 is 0 Å². The summed E-state index contributed by atoms with van der Waals surface area (Å²) in [6.07, 6.45) is 1.90. The summed E-state index contributed by atoms with van der Waals surface area (Å²) < 4.78 is 1.91. The molecule has 2 rings (SSSR count). The Labute approximate surface area is 119 Å². The first kappa shape index (κ1) is 14.3. The topological polar surface area (TPSA) is 45.5 Å². The van der Waals surface area contributed by atoms with Crippen LogP contribution in [0.1, 0.15) is 23.0 Å². The monoisotopic (exact) mass is 272 g/mol. The van der Waals surface area contributed by atoms with E-state index in [4.69, 9.17) is 0 Å². The van der Waals surface area contributed by atoms with Gasteiger partial charge in [0.05, 0.1) is 6.61 Å². The summed E-state index contributed by atoms with van der Waals surface area (Å²) in [4.78, 5) is 14.3. The van der Waals surface area contributed by atoms with Crippen molar-refractivity contribution >= 4 is 5.91 Å². The molecule has 0 fully saturated rings. The summed E-state index contributed by atoms with van der Waals surface area (Å²) in [6, 6.07) is 13.5. The quantitative estimate of drug-likeness (QED) is 0.875. The maximum atomic E-state index is 12.6. The third-order valence-electron chi connectivity index (χ3n) is 3.26. The third kappa shape index (κ3) is 3.27. The van der Waals surface area contributed by atoms with Crippen molar-refractivity contribution in [3.63, 3.8) is 0 Å². The van der Waals surface area contributed by atoms with E-state index in [9.17, 15) is 9.90 Å². The van der Waals surface area contributed by atoms with Crippen molar-refractivity contribution in [2.24, 2.45) is 0 Å². The Morgan fingerprint density at radius 1 is 1.20 bits per heavy atom. The molecule has 0 unspecified atom stereocenters. The van der Waals surface area contributed by atoms with E-state index in [1.807, 2.05) is 60.2 Å². The number of aryl methyl sites for hydroxylation is 1. The first-order valence-corrected chi connectivity index (χ1v) is 6.85. The fraction of sp³-hybridized carbons (Fsp3) is 0.312. The molecule has 1 amide bonds. The lowest BCUT2D eigenvalue weighted by atomic mass is 10.2. The predicted octanol–water partition coefficient (Wildman–Crippen LogP) is 2.14. The molecule has 0 aliphatic rings. The molecule has 1 aromatic carbocycles. The van der Waals surface area contributed by atoms with Crippen molar-refractivity contribution in [3.8, 4) is 0 Å². The van der Waals surface area contributed by atoms with E-state index >= 15 is 0 Å². The molecule has 0 saturated carbocycles. The van der Waals surface area contributed by atoms with Crippen molar-refractivity contribution in [1.82, 2.24) is 9.47 Å². The van der Waals surface area contributed by atoms with Gasteiger partial charge < -0.3 is 14.6 Å². The van der Waals surface area contributed by atoms with E-state index in [2.05, 4.69) is 0 Å². The van der Waals surface area contributed by atoms with E-state index in [0.717, 1.165) is 12.1 Å². The van der Waals surface area contributed by atoms with Crippen LogP contribution in [-0.4, -0.2) is 33.6 Å². The van der Waals surface area contributed by atoms with Crippen molar-refractivity contribution < 1.29 is 9.90 Å². The average molecular weight is 272 g/mol. The number of rotatable bonds is 6. The van der Waals surface area contributed by atoms with Gasteiger partial charge in [0.15, 0.2) is 0 Å². The van der Waals surface area contributed by atoms with Gasteiger partial charge in [-0.25, -0.2) is 0 Å². The molecule has 0 saturated heterocycles. The highest BCUT2D eigenvalue weighted by molar-refractivity contribution is 5.92. The van der Waals surface area contributed by atoms with Crippen LogP contribution in [0.5, 0.6) is 0 Å². The van der Waals surface area contributed by atoms with Gasteiger partial charge in [0.1, 0.15) is 5.69 Å². The molecule has 0 atom stereocenters. The normalized spacial score (nSPS) is 10.5. The Balaban J connectivity index is 2.18. The Bertz CT molecular complexity index is 549. The van der Waals surface area contributed by atoms with Crippen molar-refractivity contribution in [1.29, 1.82) is 0 Å². The van der Waals surface area contributed by atoms with E-state index in [0.29, 0.717) is 18.8 Å². The summed E-state index contributed by atoms with van der Waals surface area (Å²) >= 11 is 0. The van der Waals surface area contributed by atoms with Crippen LogP contribution in [0.2, 0.25) is 0 Å². The highest BCUT2D eigenvalue weighted by Gasteiger charge is 2.18. The SMILES string of the molecule is CCn1cccc1C(=O)N(CCO)Cc1ccccc1. The second-order valence-electron chi connectivity index (χ2n) is 4.62. The molecular formula is C16H20N2O2. The summed E-state index contributed by atoms with van der Waals surface area (Å²) in [5.74, 6) is -0.0465. The highest BCUT2D eigenvalue weighted by Crippen LogP contribution is 2.11. The summed E-state index contributed by atoms with van der Waals surface area (Å²) in [7, 11) is 0. The molecule has 4 heteroatoms. The largest absolute Gasteiger partial charge is 0.395 e. The molecule has 20 heavy (non-hydrogen) atoms. The van der Waals surface area contributed by atoms with E-state index in [1.54, 1.807) is 4.90 Å². The van der Waals surface area contributed by atoms with Crippen LogP contribution in [-0.2, 0) is 13.1 Å². The zero-order valence-electron chi connectivity index (χ0n) is 11.7. The molecule has 0 radical (unpaired) electrons. The van der Waals surface area contributed by atoms with Crippen LogP contribution in [0.4, 0.5) is 0 Å². The minimum absolute atomic E-state index is 0.0363. The molecule has 0 spiro atoms. The number of aliphatic hydroxyl groups excluding tert-OH is 1. The van der Waals surface area contributed by atoms with Crippen LogP contribution in [0.25, 0.3) is 0 Å². The molecule has 1 heterocycles. The summed E-state index contributed by atoms with van der Waals surface area (Å²) in [5, 5.41) is 9.19. The van der Waals surface area contributed by atoms with Gasteiger partial charge in [-0.15, -0.1) is 0 Å². The van der Waals surface area contributed by atoms with E-state index in [1.165, 1.54) is 0 Å². The zero-order chi connectivity index (χ0) is 14.4. The number of aliphatic hydroxyl groups is 1. The summed E-state index contributed by atoms with van der Waals surface area (Å²) in [5.41, 5.74) is 1.72. The molecule has 0 aliphatic heterocycles. The van der Waals surface area contributed by atoms with Gasteiger partial charge in [-0.2, -0.15) is 0 Å². The fourth-order valence-corrected chi connectivity index (χ4v) is 2.22. The smallest absolute Gasteiger partial charge is 0.270 e. The number of hydrogen-bond acceptors (Lipinski definition) is 2. The van der Waals surface area contributed by atoms with Crippen molar-refractivity contribution in [3.05, 3.63) is 59.9 Å². The van der Waals surface area contributed by atoms with Gasteiger partial charge >= 0.3 is 0 Å². The third-order valence-corrected chi connectivity index (χ3v) is 3.26. The maximum Gasteiger partial charge on any atom is 0.270 e. The standard InChI is InChI=1S/C16H20N2O2/c1-2-17-10-6-9-15(17)16(20)18(11-12-19)13-14-7-4-3-5-8-14/h3-10,19H,2,11-13H2,1H3. The van der Waals surface area contributed by atoms with Gasteiger partial charge in [-0.3, -0.25) is 4.79 Å². The number of hydrogen-bond donors (Lipinski definition) is 1. The number of carbonyl (C=O) groups excluding carboxylic acids is 1. The number of amides is 1. The van der Waals surface area contributed by atoms with Crippen LogP contribution in [0.15, 0.2) is 48.7 Å². The first-order valence-electron chi connectivity index (χ1n) is 6.85. The highest BCUT2D eigenvalue weighted by atomic mass is 16.3. The van der Waals surface area contributed by atoms with Gasteiger partial charge in [-0.05, 0) is 24.6 Å². The summed E-state index contributed by atoms with van der Waals surface area (Å²) in [6.45, 7) is 3.57. The Morgan fingerprint density at radius 3 is 2.60 bits per heavy atom. The fourth-order valence-electron chi connectivity index (χ4n) is 2.22. The number of nitrogens with zero attached hydrogens (tertiary/aromatic N) is 2. The minimum Gasteiger partial charge on any atom is -0.395 e. The van der Waals surface area contributed by atoms with Crippen LogP contribution < -0.4 is 0 Å². The van der Waals surface area contributed by atoms with Gasteiger partial charge in [0, 0.05) is 25.8 Å². The van der Waals surface area contributed by atoms with Crippen LogP contribution >= 0.6 is 0 Å². The molecule has 0 bridgehead atoms. The average Bonchev–Trinajstić information content (AvgIpc) is 2.95. The zero-order valence-corrected chi connectivity index (χ0v) is 11.7. The molecule has 2 aromatic rings. The lowest BCUT2D eigenvalue weighted by molar-refractivity contribution is 0.0697. The van der Waals surface area contributed by atoms with Crippen LogP contribution in [0, 0.1) is 0 Å². The lowest BCUT2D eigenvalue weighted by Crippen LogP contribution is -2.34. The maximum absolute atomic E-state index is 12.6. The minimum atomic E-state index is -0.0465. The number of aromatic nitrogens is 1. The molecule has 106 valence electrons. The second kappa shape index (κ2) is 6.91. The van der Waals surface area contributed by atoms with E-state index in [-0.39, 0.29) is 12.5 Å². The molecule has 4 nitrogen and oxygen atoms in total. The lowest BCUT2D eigenvalue weighted by Gasteiger charge is -2.22. The molecule has 1 aromatic heterocycles. The van der Waals surface area contributed by atoms with Crippen molar-refractivity contribution in [2.45, 2.75) is 20.0 Å². The molecule has 0 aliphatic carbocycles. The van der Waals surface area contributed by atoms with Gasteiger partial charge in [0.25, 0.3) is 5.91 Å². The van der Waals surface area contributed by atoms with Gasteiger partial charge in [0.2, 0.25) is 0 Å². The predicted molar refractivity (Wildman–Crippen MR) is 78.4 cm³/mol. The Kier molecular flexibility index (Phi) is 4.96. The number of carbonyl (C=O) groups is 1. The van der Waals surface area contributed by atoms with Gasteiger partial charge in [-0.1, -0.05) is 30.3 Å². The Hall–Kier alpha value is -2.07.